The van der Waals surface area contributed by atoms with Crippen LogP contribution in [0.3, 0.4) is 0 Å². The van der Waals surface area contributed by atoms with Crippen LogP contribution >= 0.6 is 11.3 Å². The Bertz CT molecular complexity index is 694. The van der Waals surface area contributed by atoms with E-state index in [1.807, 2.05) is 44.2 Å². The van der Waals surface area contributed by atoms with Crippen molar-refractivity contribution in [2.45, 2.75) is 33.6 Å². The molecule has 5 heteroatoms. The molecule has 1 aromatic heterocycles. The van der Waals surface area contributed by atoms with Gasteiger partial charge >= 0.3 is 5.97 Å². The Morgan fingerprint density at radius 3 is 2.54 bits per heavy atom. The van der Waals surface area contributed by atoms with E-state index in [9.17, 15) is 9.59 Å². The smallest absolute Gasteiger partial charge is 0.341 e. The van der Waals surface area contributed by atoms with Crippen molar-refractivity contribution in [2.75, 3.05) is 11.9 Å². The Morgan fingerprint density at radius 2 is 1.92 bits per heavy atom. The minimum Gasteiger partial charge on any atom is -0.462 e. The molecule has 1 N–H and O–H groups in total. The van der Waals surface area contributed by atoms with E-state index < -0.39 is 5.97 Å². The first-order valence-electron chi connectivity index (χ1n) is 8.24. The number of carbonyl (C=O) groups is 2. The van der Waals surface area contributed by atoms with Crippen LogP contribution in [0, 0.1) is 5.92 Å². The Kier molecular flexibility index (Phi) is 6.55. The first-order chi connectivity index (χ1) is 11.6. The van der Waals surface area contributed by atoms with Crippen molar-refractivity contribution >= 4 is 28.2 Å². The molecule has 1 unspecified atom stereocenters. The van der Waals surface area contributed by atoms with Gasteiger partial charge in [-0.1, -0.05) is 50.6 Å². The summed E-state index contributed by atoms with van der Waals surface area (Å²) in [6, 6.07) is 11.6. The first kappa shape index (κ1) is 18.2. The number of benzene rings is 1. The SMILES string of the molecule is CCCC(C)C(=O)Nc1sc(-c2ccccc2)cc1C(=O)OCC. The monoisotopic (exact) mass is 345 g/mol. The quantitative estimate of drug-likeness (QED) is 0.721. The van der Waals surface area contributed by atoms with Gasteiger partial charge in [0, 0.05) is 10.8 Å². The van der Waals surface area contributed by atoms with Crippen LogP contribution < -0.4 is 5.32 Å². The van der Waals surface area contributed by atoms with Crippen LogP contribution in [-0.4, -0.2) is 18.5 Å². The van der Waals surface area contributed by atoms with Crippen molar-refractivity contribution in [3.05, 3.63) is 42.0 Å². The summed E-state index contributed by atoms with van der Waals surface area (Å²) >= 11 is 1.40. The highest BCUT2D eigenvalue weighted by Gasteiger charge is 2.21. The third-order valence-electron chi connectivity index (χ3n) is 3.69. The average molecular weight is 345 g/mol. The molecular formula is C19H23NO3S. The summed E-state index contributed by atoms with van der Waals surface area (Å²) in [6.45, 7) is 6.01. The summed E-state index contributed by atoms with van der Waals surface area (Å²) in [7, 11) is 0. The van der Waals surface area contributed by atoms with Gasteiger partial charge in [-0.25, -0.2) is 4.79 Å². The summed E-state index contributed by atoms with van der Waals surface area (Å²) in [5.41, 5.74) is 1.42. The zero-order valence-electron chi connectivity index (χ0n) is 14.3. The molecule has 0 radical (unpaired) electrons. The van der Waals surface area contributed by atoms with E-state index in [-0.39, 0.29) is 11.8 Å². The lowest BCUT2D eigenvalue weighted by molar-refractivity contribution is -0.119. The zero-order chi connectivity index (χ0) is 17.5. The molecule has 0 aliphatic rings. The number of nitrogens with one attached hydrogen (secondary N) is 1. The van der Waals surface area contributed by atoms with Gasteiger partial charge in [-0.2, -0.15) is 0 Å². The van der Waals surface area contributed by atoms with E-state index in [0.29, 0.717) is 17.2 Å². The van der Waals surface area contributed by atoms with Crippen LogP contribution in [-0.2, 0) is 9.53 Å². The number of rotatable bonds is 7. The molecule has 1 amide bonds. The lowest BCUT2D eigenvalue weighted by atomic mass is 10.1. The maximum absolute atomic E-state index is 12.3. The molecule has 1 heterocycles. The minimum atomic E-state index is -0.408. The molecule has 0 bridgehead atoms. The van der Waals surface area contributed by atoms with Gasteiger partial charge in [0.1, 0.15) is 5.00 Å². The van der Waals surface area contributed by atoms with Crippen molar-refractivity contribution in [3.8, 4) is 10.4 Å². The average Bonchev–Trinajstić information content (AvgIpc) is 3.00. The standard InChI is InChI=1S/C19H23NO3S/c1-4-9-13(3)17(21)20-18-15(19(22)23-5-2)12-16(24-18)14-10-7-6-8-11-14/h6-8,10-13H,4-5,9H2,1-3H3,(H,20,21). The fourth-order valence-corrected chi connectivity index (χ4v) is 3.44. The molecule has 1 atom stereocenters. The fourth-order valence-electron chi connectivity index (χ4n) is 2.39. The molecule has 2 aromatic rings. The van der Waals surface area contributed by atoms with Crippen LogP contribution in [0.25, 0.3) is 10.4 Å². The maximum Gasteiger partial charge on any atom is 0.341 e. The van der Waals surface area contributed by atoms with E-state index in [1.165, 1.54) is 11.3 Å². The maximum atomic E-state index is 12.3. The van der Waals surface area contributed by atoms with Gasteiger partial charge in [-0.15, -0.1) is 11.3 Å². The van der Waals surface area contributed by atoms with Crippen LogP contribution in [0.5, 0.6) is 0 Å². The molecule has 0 fully saturated rings. The third kappa shape index (κ3) is 4.45. The Morgan fingerprint density at radius 1 is 1.21 bits per heavy atom. The van der Waals surface area contributed by atoms with E-state index in [2.05, 4.69) is 5.32 Å². The summed E-state index contributed by atoms with van der Waals surface area (Å²) in [5, 5.41) is 3.46. The molecule has 4 nitrogen and oxygen atoms in total. The number of hydrogen-bond acceptors (Lipinski definition) is 4. The van der Waals surface area contributed by atoms with Crippen LogP contribution in [0.15, 0.2) is 36.4 Å². The number of anilines is 1. The number of amides is 1. The van der Waals surface area contributed by atoms with Gasteiger partial charge in [0.25, 0.3) is 0 Å². The molecule has 0 aliphatic carbocycles. The van der Waals surface area contributed by atoms with E-state index >= 15 is 0 Å². The lowest BCUT2D eigenvalue weighted by Gasteiger charge is -2.11. The summed E-state index contributed by atoms with van der Waals surface area (Å²) in [5.74, 6) is -0.564. The van der Waals surface area contributed by atoms with Crippen molar-refractivity contribution in [1.82, 2.24) is 0 Å². The Labute approximate surface area is 146 Å². The third-order valence-corrected chi connectivity index (χ3v) is 4.79. The predicted octanol–water partition coefficient (Wildman–Crippen LogP) is 4.97. The largest absolute Gasteiger partial charge is 0.462 e. The second-order valence-corrected chi connectivity index (χ2v) is 6.67. The van der Waals surface area contributed by atoms with E-state index in [1.54, 1.807) is 13.0 Å². The van der Waals surface area contributed by atoms with Gasteiger partial charge in [0.2, 0.25) is 5.91 Å². The van der Waals surface area contributed by atoms with Crippen molar-refractivity contribution < 1.29 is 14.3 Å². The van der Waals surface area contributed by atoms with E-state index in [4.69, 9.17) is 4.74 Å². The van der Waals surface area contributed by atoms with Crippen LogP contribution in [0.4, 0.5) is 5.00 Å². The number of esters is 1. The van der Waals surface area contributed by atoms with Gasteiger partial charge < -0.3 is 10.1 Å². The molecular weight excluding hydrogens is 322 g/mol. The molecule has 2 rings (SSSR count). The molecule has 0 saturated heterocycles. The van der Waals surface area contributed by atoms with Gasteiger partial charge in [-0.3, -0.25) is 4.79 Å². The topological polar surface area (TPSA) is 55.4 Å². The van der Waals surface area contributed by atoms with Crippen molar-refractivity contribution in [2.24, 2.45) is 5.92 Å². The number of hydrogen-bond donors (Lipinski definition) is 1. The molecule has 0 aliphatic heterocycles. The highest BCUT2D eigenvalue weighted by Crippen LogP contribution is 2.36. The highest BCUT2D eigenvalue weighted by atomic mass is 32.1. The molecule has 0 saturated carbocycles. The second kappa shape index (κ2) is 8.64. The van der Waals surface area contributed by atoms with Crippen LogP contribution in [0.1, 0.15) is 44.0 Å². The van der Waals surface area contributed by atoms with Gasteiger partial charge in [-0.05, 0) is 25.0 Å². The minimum absolute atomic E-state index is 0.0659. The first-order valence-corrected chi connectivity index (χ1v) is 9.05. The van der Waals surface area contributed by atoms with Crippen LogP contribution in [0.2, 0.25) is 0 Å². The van der Waals surface area contributed by atoms with Crippen molar-refractivity contribution in [1.29, 1.82) is 0 Å². The Balaban J connectivity index is 2.32. The molecule has 128 valence electrons. The molecule has 0 spiro atoms. The summed E-state index contributed by atoms with van der Waals surface area (Å²) in [4.78, 5) is 25.5. The van der Waals surface area contributed by atoms with Gasteiger partial charge in [0.15, 0.2) is 0 Å². The predicted molar refractivity (Wildman–Crippen MR) is 98.4 cm³/mol. The second-order valence-electron chi connectivity index (χ2n) is 5.62. The number of carbonyl (C=O) groups excluding carboxylic acids is 2. The molecule has 24 heavy (non-hydrogen) atoms. The number of ether oxygens (including phenoxy) is 1. The Hall–Kier alpha value is -2.14. The van der Waals surface area contributed by atoms with Gasteiger partial charge in [0.05, 0.1) is 12.2 Å². The fraction of sp³-hybridized carbons (Fsp3) is 0.368. The number of thiophene rings is 1. The van der Waals surface area contributed by atoms with E-state index in [0.717, 1.165) is 23.3 Å². The molecule has 1 aromatic carbocycles. The van der Waals surface area contributed by atoms with Crippen molar-refractivity contribution in [3.63, 3.8) is 0 Å². The zero-order valence-corrected chi connectivity index (χ0v) is 15.1. The summed E-state index contributed by atoms with van der Waals surface area (Å²) in [6.07, 6.45) is 1.76. The lowest BCUT2D eigenvalue weighted by Crippen LogP contribution is -2.21. The highest BCUT2D eigenvalue weighted by molar-refractivity contribution is 7.20. The summed E-state index contributed by atoms with van der Waals surface area (Å²) < 4.78 is 5.12. The normalized spacial score (nSPS) is 11.8.